The number of hydrogen-bond acceptors (Lipinski definition) is 3. The van der Waals surface area contributed by atoms with E-state index in [1.807, 2.05) is 49.6 Å². The van der Waals surface area contributed by atoms with Gasteiger partial charge in [-0.15, -0.1) is 11.8 Å². The fraction of sp³-hybridized carbons (Fsp3) is 0.316. The molecule has 0 heterocycles. The number of methoxy groups -OCH3 is 1. The summed E-state index contributed by atoms with van der Waals surface area (Å²) in [5, 5.41) is 3.15. The Balaban J connectivity index is 2.22. The van der Waals surface area contributed by atoms with Crippen LogP contribution in [0.4, 0.5) is 0 Å². The van der Waals surface area contributed by atoms with Gasteiger partial charge in [-0.05, 0) is 48.9 Å². The maximum Gasteiger partial charge on any atom is 0.252 e. The fourth-order valence-corrected chi connectivity index (χ4v) is 3.20. The Morgan fingerprint density at radius 1 is 1.26 bits per heavy atom. The number of carbonyl (C=O) groups is 1. The third-order valence-electron chi connectivity index (χ3n) is 3.89. The summed E-state index contributed by atoms with van der Waals surface area (Å²) in [7, 11) is 1.67. The quantitative estimate of drug-likeness (QED) is 0.787. The van der Waals surface area contributed by atoms with Crippen LogP contribution >= 0.6 is 11.8 Å². The van der Waals surface area contributed by atoms with Crippen molar-refractivity contribution < 1.29 is 9.53 Å². The molecule has 0 unspecified atom stereocenters. The van der Waals surface area contributed by atoms with Crippen molar-refractivity contribution in [3.05, 3.63) is 59.2 Å². The summed E-state index contributed by atoms with van der Waals surface area (Å²) in [5.74, 6) is 0.831. The first-order valence-electron chi connectivity index (χ1n) is 7.69. The standard InChI is InChI=1S/C19H23NO2S/c1-5-16(14-10-11-17(22-3)13(2)12-14)20-19(21)15-8-6-7-9-18(15)23-4/h6-12,16H,5H2,1-4H3,(H,20,21)/t16-/m1/s1. The van der Waals surface area contributed by atoms with Crippen molar-refractivity contribution in [1.29, 1.82) is 0 Å². The normalized spacial score (nSPS) is 11.8. The Kier molecular flexibility index (Phi) is 6.11. The highest BCUT2D eigenvalue weighted by Gasteiger charge is 2.17. The smallest absolute Gasteiger partial charge is 0.252 e. The van der Waals surface area contributed by atoms with Gasteiger partial charge in [-0.2, -0.15) is 0 Å². The molecule has 0 aliphatic carbocycles. The van der Waals surface area contributed by atoms with E-state index in [0.717, 1.165) is 33.8 Å². The molecule has 0 saturated carbocycles. The fourth-order valence-electron chi connectivity index (χ4n) is 2.61. The first kappa shape index (κ1) is 17.4. The molecule has 0 radical (unpaired) electrons. The van der Waals surface area contributed by atoms with E-state index in [2.05, 4.69) is 18.3 Å². The Labute approximate surface area is 142 Å². The highest BCUT2D eigenvalue weighted by atomic mass is 32.2. The summed E-state index contributed by atoms with van der Waals surface area (Å²) >= 11 is 1.58. The van der Waals surface area contributed by atoms with Crippen molar-refractivity contribution in [3.8, 4) is 5.75 Å². The second kappa shape index (κ2) is 8.06. The summed E-state index contributed by atoms with van der Waals surface area (Å²) in [6, 6.07) is 13.7. The Morgan fingerprint density at radius 3 is 2.61 bits per heavy atom. The van der Waals surface area contributed by atoms with Gasteiger partial charge in [0.1, 0.15) is 5.75 Å². The number of aryl methyl sites for hydroxylation is 1. The van der Waals surface area contributed by atoms with Gasteiger partial charge in [-0.1, -0.05) is 31.2 Å². The molecule has 0 aliphatic heterocycles. The van der Waals surface area contributed by atoms with Crippen molar-refractivity contribution >= 4 is 17.7 Å². The highest BCUT2D eigenvalue weighted by molar-refractivity contribution is 7.98. The lowest BCUT2D eigenvalue weighted by molar-refractivity contribution is 0.0932. The number of thioether (sulfide) groups is 1. The average molecular weight is 329 g/mol. The van der Waals surface area contributed by atoms with Crippen LogP contribution in [0.1, 0.15) is 40.9 Å². The summed E-state index contributed by atoms with van der Waals surface area (Å²) in [5.41, 5.74) is 2.90. The van der Waals surface area contributed by atoms with E-state index in [-0.39, 0.29) is 11.9 Å². The number of nitrogens with one attached hydrogen (secondary N) is 1. The molecule has 0 fully saturated rings. The average Bonchev–Trinajstić information content (AvgIpc) is 2.59. The third-order valence-corrected chi connectivity index (χ3v) is 4.68. The Bertz CT molecular complexity index is 685. The van der Waals surface area contributed by atoms with Gasteiger partial charge in [0.25, 0.3) is 5.91 Å². The Morgan fingerprint density at radius 2 is 2.00 bits per heavy atom. The zero-order valence-corrected chi connectivity index (χ0v) is 14.9. The number of carbonyl (C=O) groups excluding carboxylic acids is 1. The van der Waals surface area contributed by atoms with Gasteiger partial charge in [0.05, 0.1) is 18.7 Å². The first-order valence-corrected chi connectivity index (χ1v) is 8.91. The van der Waals surface area contributed by atoms with E-state index in [1.165, 1.54) is 0 Å². The van der Waals surface area contributed by atoms with Crippen LogP contribution in [-0.4, -0.2) is 19.3 Å². The molecular formula is C19H23NO2S. The van der Waals surface area contributed by atoms with Crippen molar-refractivity contribution in [3.63, 3.8) is 0 Å². The van der Waals surface area contributed by atoms with Crippen LogP contribution in [0.25, 0.3) is 0 Å². The summed E-state index contributed by atoms with van der Waals surface area (Å²) in [4.78, 5) is 13.6. The number of amides is 1. The highest BCUT2D eigenvalue weighted by Crippen LogP contribution is 2.25. The van der Waals surface area contributed by atoms with Gasteiger partial charge in [-0.25, -0.2) is 0 Å². The van der Waals surface area contributed by atoms with Crippen LogP contribution < -0.4 is 10.1 Å². The van der Waals surface area contributed by atoms with E-state index in [1.54, 1.807) is 18.9 Å². The van der Waals surface area contributed by atoms with Crippen molar-refractivity contribution in [2.24, 2.45) is 0 Å². The SMILES string of the molecule is CC[C@@H](NC(=O)c1ccccc1SC)c1ccc(OC)c(C)c1. The minimum atomic E-state index is -0.0322. The van der Waals surface area contributed by atoms with Crippen LogP contribution in [0.5, 0.6) is 5.75 Å². The molecular weight excluding hydrogens is 306 g/mol. The number of rotatable bonds is 6. The summed E-state index contributed by atoms with van der Waals surface area (Å²) in [6.07, 6.45) is 2.81. The molecule has 3 nitrogen and oxygen atoms in total. The van der Waals surface area contributed by atoms with Crippen molar-refractivity contribution in [2.75, 3.05) is 13.4 Å². The molecule has 1 amide bonds. The number of benzene rings is 2. The molecule has 4 heteroatoms. The van der Waals surface area contributed by atoms with E-state index < -0.39 is 0 Å². The van der Waals surface area contributed by atoms with Crippen LogP contribution in [-0.2, 0) is 0 Å². The van der Waals surface area contributed by atoms with Crippen LogP contribution in [0.15, 0.2) is 47.4 Å². The van der Waals surface area contributed by atoms with E-state index in [4.69, 9.17) is 4.74 Å². The molecule has 23 heavy (non-hydrogen) atoms. The van der Waals surface area contributed by atoms with Crippen molar-refractivity contribution in [2.45, 2.75) is 31.2 Å². The molecule has 2 rings (SSSR count). The van der Waals surface area contributed by atoms with Gasteiger partial charge < -0.3 is 10.1 Å². The van der Waals surface area contributed by atoms with E-state index in [9.17, 15) is 4.79 Å². The summed E-state index contributed by atoms with van der Waals surface area (Å²) < 4.78 is 5.30. The molecule has 0 spiro atoms. The number of hydrogen-bond donors (Lipinski definition) is 1. The molecule has 0 aliphatic rings. The third kappa shape index (κ3) is 4.08. The molecule has 122 valence electrons. The first-order chi connectivity index (χ1) is 11.1. The number of ether oxygens (including phenoxy) is 1. The maximum atomic E-state index is 12.6. The van der Waals surface area contributed by atoms with Crippen LogP contribution in [0.3, 0.4) is 0 Å². The lowest BCUT2D eigenvalue weighted by atomic mass is 10.0. The van der Waals surface area contributed by atoms with Gasteiger partial charge in [0, 0.05) is 4.90 Å². The van der Waals surface area contributed by atoms with Crippen molar-refractivity contribution in [1.82, 2.24) is 5.32 Å². The molecule has 1 N–H and O–H groups in total. The zero-order valence-electron chi connectivity index (χ0n) is 14.1. The second-order valence-electron chi connectivity index (χ2n) is 5.36. The van der Waals surface area contributed by atoms with Gasteiger partial charge in [-0.3, -0.25) is 4.79 Å². The molecule has 2 aromatic rings. The second-order valence-corrected chi connectivity index (χ2v) is 6.21. The van der Waals surface area contributed by atoms with Crippen LogP contribution in [0.2, 0.25) is 0 Å². The topological polar surface area (TPSA) is 38.3 Å². The Hall–Kier alpha value is -1.94. The zero-order chi connectivity index (χ0) is 16.8. The van der Waals surface area contributed by atoms with E-state index in [0.29, 0.717) is 0 Å². The largest absolute Gasteiger partial charge is 0.496 e. The lowest BCUT2D eigenvalue weighted by Gasteiger charge is -2.19. The molecule has 2 aromatic carbocycles. The monoisotopic (exact) mass is 329 g/mol. The minimum Gasteiger partial charge on any atom is -0.496 e. The van der Waals surface area contributed by atoms with E-state index >= 15 is 0 Å². The summed E-state index contributed by atoms with van der Waals surface area (Å²) in [6.45, 7) is 4.09. The maximum absolute atomic E-state index is 12.6. The predicted molar refractivity (Wildman–Crippen MR) is 96.5 cm³/mol. The minimum absolute atomic E-state index is 0.0120. The molecule has 0 saturated heterocycles. The molecule has 1 atom stereocenters. The molecule has 0 bridgehead atoms. The predicted octanol–water partition coefficient (Wildman–Crippen LogP) is 4.61. The van der Waals surface area contributed by atoms with Gasteiger partial charge in [0.2, 0.25) is 0 Å². The molecule has 0 aromatic heterocycles. The lowest BCUT2D eigenvalue weighted by Crippen LogP contribution is -2.28. The van der Waals surface area contributed by atoms with Gasteiger partial charge in [0.15, 0.2) is 0 Å². The van der Waals surface area contributed by atoms with Gasteiger partial charge >= 0.3 is 0 Å². The van der Waals surface area contributed by atoms with Crippen LogP contribution in [0, 0.1) is 6.92 Å².